The fourth-order valence-corrected chi connectivity index (χ4v) is 6.99. The lowest BCUT2D eigenvalue weighted by Gasteiger charge is -2.35. The average Bonchev–Trinajstić information content (AvgIpc) is 3.29. The number of rotatable bonds is 11. The standard InChI is InChI=1S/C32H41F3N2O2/c33-27-9-3-8-25(18-27)28-21-37(31(32(38)39)17-23-5-2-6-23)20-26(28)19-36-14-12-22(13-15-36)4-1-7-24-10-11-29(34)30(35)16-24/h3,8-11,16,18,22-23,26,28,31H,1-2,4-7,12-15,17,19-21H2,(H,38,39). The fourth-order valence-electron chi connectivity index (χ4n) is 6.99. The van der Waals surface area contributed by atoms with Crippen molar-refractivity contribution in [2.75, 3.05) is 32.7 Å². The molecule has 0 radical (unpaired) electrons. The third-order valence-corrected chi connectivity index (χ3v) is 9.51. The zero-order valence-electron chi connectivity index (χ0n) is 22.7. The first-order valence-electron chi connectivity index (χ1n) is 14.7. The molecule has 2 aliphatic heterocycles. The third kappa shape index (κ3) is 7.23. The van der Waals surface area contributed by atoms with E-state index in [1.165, 1.54) is 24.6 Å². The number of halogens is 3. The Balaban J connectivity index is 1.16. The van der Waals surface area contributed by atoms with E-state index in [-0.39, 0.29) is 17.7 Å². The summed E-state index contributed by atoms with van der Waals surface area (Å²) in [6.45, 7) is 4.31. The van der Waals surface area contributed by atoms with Gasteiger partial charge in [0.1, 0.15) is 11.9 Å². The molecule has 212 valence electrons. The van der Waals surface area contributed by atoms with Gasteiger partial charge in [-0.2, -0.15) is 0 Å². The molecule has 2 heterocycles. The van der Waals surface area contributed by atoms with E-state index in [9.17, 15) is 23.1 Å². The largest absolute Gasteiger partial charge is 0.480 e. The minimum absolute atomic E-state index is 0.123. The summed E-state index contributed by atoms with van der Waals surface area (Å²) in [5.41, 5.74) is 1.82. The maximum Gasteiger partial charge on any atom is 0.320 e. The van der Waals surface area contributed by atoms with Gasteiger partial charge >= 0.3 is 5.97 Å². The summed E-state index contributed by atoms with van der Waals surface area (Å²) in [6, 6.07) is 10.6. The molecule has 2 aromatic carbocycles. The van der Waals surface area contributed by atoms with Gasteiger partial charge in [-0.1, -0.05) is 43.9 Å². The highest BCUT2D eigenvalue weighted by Crippen LogP contribution is 2.38. The second kappa shape index (κ2) is 12.9. The number of likely N-dealkylation sites (tertiary alicyclic amines) is 2. The highest BCUT2D eigenvalue weighted by molar-refractivity contribution is 5.73. The summed E-state index contributed by atoms with van der Waals surface area (Å²) in [4.78, 5) is 16.9. The smallest absolute Gasteiger partial charge is 0.320 e. The number of benzene rings is 2. The lowest BCUT2D eigenvalue weighted by atomic mass is 9.80. The molecule has 4 nitrogen and oxygen atoms in total. The van der Waals surface area contributed by atoms with Crippen LogP contribution in [0.3, 0.4) is 0 Å². The molecule has 3 unspecified atom stereocenters. The fraction of sp³-hybridized carbons (Fsp3) is 0.594. The molecule has 3 atom stereocenters. The third-order valence-electron chi connectivity index (χ3n) is 9.51. The number of piperidine rings is 1. The maximum absolute atomic E-state index is 14.2. The van der Waals surface area contributed by atoms with Crippen molar-refractivity contribution in [1.82, 2.24) is 9.80 Å². The Labute approximate surface area is 230 Å². The molecule has 3 aliphatic rings. The second-order valence-corrected chi connectivity index (χ2v) is 12.1. The molecule has 0 aromatic heterocycles. The van der Waals surface area contributed by atoms with Crippen LogP contribution in [-0.2, 0) is 11.2 Å². The van der Waals surface area contributed by atoms with Crippen molar-refractivity contribution in [2.45, 2.75) is 69.7 Å². The van der Waals surface area contributed by atoms with Crippen molar-refractivity contribution >= 4 is 5.97 Å². The summed E-state index contributed by atoms with van der Waals surface area (Å²) in [5.74, 6) is -1.02. The Kier molecular flexibility index (Phi) is 9.28. The van der Waals surface area contributed by atoms with Crippen LogP contribution in [0.4, 0.5) is 13.2 Å². The number of carboxylic acid groups (broad SMARTS) is 1. The van der Waals surface area contributed by atoms with E-state index in [1.54, 1.807) is 18.2 Å². The van der Waals surface area contributed by atoms with E-state index in [4.69, 9.17) is 0 Å². The highest BCUT2D eigenvalue weighted by Gasteiger charge is 2.41. The first kappa shape index (κ1) is 28.2. The number of carboxylic acids is 1. The van der Waals surface area contributed by atoms with Gasteiger partial charge in [0.25, 0.3) is 0 Å². The van der Waals surface area contributed by atoms with Gasteiger partial charge in [0.05, 0.1) is 0 Å². The van der Waals surface area contributed by atoms with Gasteiger partial charge < -0.3 is 10.0 Å². The van der Waals surface area contributed by atoms with E-state index in [0.717, 1.165) is 82.3 Å². The van der Waals surface area contributed by atoms with Gasteiger partial charge in [0, 0.05) is 25.6 Å². The van der Waals surface area contributed by atoms with Crippen molar-refractivity contribution in [1.29, 1.82) is 0 Å². The summed E-state index contributed by atoms with van der Waals surface area (Å²) in [7, 11) is 0. The van der Waals surface area contributed by atoms with E-state index in [2.05, 4.69) is 9.80 Å². The van der Waals surface area contributed by atoms with Gasteiger partial charge in [-0.15, -0.1) is 0 Å². The van der Waals surface area contributed by atoms with Crippen molar-refractivity contribution in [2.24, 2.45) is 17.8 Å². The van der Waals surface area contributed by atoms with Gasteiger partial charge in [0.15, 0.2) is 11.6 Å². The molecule has 2 saturated heterocycles. The quantitative estimate of drug-likeness (QED) is 0.352. The Bertz CT molecular complexity index is 1120. The molecule has 1 saturated carbocycles. The van der Waals surface area contributed by atoms with Crippen LogP contribution in [0.1, 0.15) is 68.4 Å². The zero-order chi connectivity index (χ0) is 27.4. The van der Waals surface area contributed by atoms with Gasteiger partial charge in [-0.25, -0.2) is 13.2 Å². The van der Waals surface area contributed by atoms with Crippen LogP contribution < -0.4 is 0 Å². The van der Waals surface area contributed by atoms with Gasteiger partial charge in [-0.05, 0) is 98.3 Å². The summed E-state index contributed by atoms with van der Waals surface area (Å²) >= 11 is 0. The van der Waals surface area contributed by atoms with E-state index >= 15 is 0 Å². The van der Waals surface area contributed by atoms with Crippen molar-refractivity contribution in [3.63, 3.8) is 0 Å². The minimum atomic E-state index is -0.798. The lowest BCUT2D eigenvalue weighted by molar-refractivity contribution is -0.144. The number of aryl methyl sites for hydroxylation is 1. The zero-order valence-corrected chi connectivity index (χ0v) is 22.7. The maximum atomic E-state index is 14.2. The number of aliphatic carboxylic acids is 1. The molecule has 1 N–H and O–H groups in total. The summed E-state index contributed by atoms with van der Waals surface area (Å²) < 4.78 is 40.8. The van der Waals surface area contributed by atoms with Gasteiger partial charge in [0.2, 0.25) is 0 Å². The van der Waals surface area contributed by atoms with Crippen LogP contribution >= 0.6 is 0 Å². The number of carbonyl (C=O) groups is 1. The van der Waals surface area contributed by atoms with Crippen LogP contribution in [0.5, 0.6) is 0 Å². The Morgan fingerprint density at radius 2 is 1.74 bits per heavy atom. The topological polar surface area (TPSA) is 43.8 Å². The lowest BCUT2D eigenvalue weighted by Crippen LogP contribution is -2.43. The first-order chi connectivity index (χ1) is 18.9. The van der Waals surface area contributed by atoms with E-state index in [1.807, 2.05) is 6.07 Å². The average molecular weight is 543 g/mol. The van der Waals surface area contributed by atoms with Crippen molar-refractivity contribution < 1.29 is 23.1 Å². The van der Waals surface area contributed by atoms with Crippen LogP contribution in [0.25, 0.3) is 0 Å². The first-order valence-corrected chi connectivity index (χ1v) is 14.7. The molecule has 0 amide bonds. The molecule has 0 spiro atoms. The van der Waals surface area contributed by atoms with Gasteiger partial charge in [-0.3, -0.25) is 9.69 Å². The minimum Gasteiger partial charge on any atom is -0.480 e. The normalized spacial score (nSPS) is 24.1. The predicted octanol–water partition coefficient (Wildman–Crippen LogP) is 6.50. The monoisotopic (exact) mass is 542 g/mol. The number of hydrogen-bond donors (Lipinski definition) is 1. The van der Waals surface area contributed by atoms with Crippen LogP contribution in [0, 0.1) is 35.2 Å². The number of nitrogens with zero attached hydrogens (tertiary/aromatic N) is 2. The number of hydrogen-bond acceptors (Lipinski definition) is 3. The molecular formula is C32H41F3N2O2. The van der Waals surface area contributed by atoms with Crippen LogP contribution in [0.2, 0.25) is 0 Å². The van der Waals surface area contributed by atoms with E-state index in [0.29, 0.717) is 24.8 Å². The van der Waals surface area contributed by atoms with Crippen molar-refractivity contribution in [3.8, 4) is 0 Å². The SMILES string of the molecule is O=C(O)C(CC1CCC1)N1CC(CN2CCC(CCCc3ccc(F)c(F)c3)CC2)C(c2cccc(F)c2)C1. The molecule has 5 rings (SSSR count). The molecule has 39 heavy (non-hydrogen) atoms. The Hall–Kier alpha value is -2.38. The van der Waals surface area contributed by atoms with Crippen LogP contribution in [0.15, 0.2) is 42.5 Å². The second-order valence-electron chi connectivity index (χ2n) is 12.1. The molecular weight excluding hydrogens is 501 g/mol. The summed E-state index contributed by atoms with van der Waals surface area (Å²) in [6.07, 6.45) is 9.20. The predicted molar refractivity (Wildman–Crippen MR) is 146 cm³/mol. The Morgan fingerprint density at radius 3 is 2.41 bits per heavy atom. The van der Waals surface area contributed by atoms with Crippen LogP contribution in [-0.4, -0.2) is 59.6 Å². The molecule has 3 fully saturated rings. The molecule has 7 heteroatoms. The Morgan fingerprint density at radius 1 is 0.949 bits per heavy atom. The van der Waals surface area contributed by atoms with Crippen molar-refractivity contribution in [3.05, 3.63) is 71.0 Å². The molecule has 2 aromatic rings. The molecule has 0 bridgehead atoms. The highest BCUT2D eigenvalue weighted by atomic mass is 19.2. The van der Waals surface area contributed by atoms with E-state index < -0.39 is 23.6 Å². The summed E-state index contributed by atoms with van der Waals surface area (Å²) in [5, 5.41) is 10.1. The molecule has 1 aliphatic carbocycles.